The van der Waals surface area contributed by atoms with Gasteiger partial charge in [-0.1, -0.05) is 162 Å². The number of hydrogen-bond acceptors (Lipinski definition) is 3. The Hall–Kier alpha value is -6.20. The van der Waals surface area contributed by atoms with E-state index in [0.717, 1.165) is 39.9 Å². The maximum absolute atomic E-state index is 6.97. The molecule has 4 nitrogen and oxygen atoms in total. The molecule has 0 atom stereocenters. The third-order valence-corrected chi connectivity index (χ3v) is 13.9. The van der Waals surface area contributed by atoms with Gasteiger partial charge >= 0.3 is 0 Å². The van der Waals surface area contributed by atoms with Crippen LogP contribution in [0.4, 0.5) is 34.1 Å². The number of ether oxygens (including phenoxy) is 1. The Labute approximate surface area is 381 Å². The summed E-state index contributed by atoms with van der Waals surface area (Å²) in [4.78, 5) is 5.10. The molecule has 0 N–H and O–H groups in total. The lowest BCUT2D eigenvalue weighted by molar-refractivity contribution is 0.486. The number of aromatic nitrogens is 1. The molecule has 2 aliphatic rings. The molecule has 0 saturated carbocycles. The lowest BCUT2D eigenvalue weighted by atomic mass is 9.34. The Morgan fingerprint density at radius 2 is 1.02 bits per heavy atom. The standard InChI is InChI=1S/C59H62BN3O/c1-56(2,3)37-21-28-41(29-22-37)62(42-30-23-38(24-31-42)57(4,5)6)55-53-45(44-17-14-15-18-48(44)61(53)13)36-47-54(55)63(43-32-25-39(26-33-43)58(7,8)9)49-19-16-20-51-52(49)60(47)46-35-40(59(10,11)12)27-34-50(46)64-51/h14-36H,1-13H3. The van der Waals surface area contributed by atoms with Crippen LogP contribution in [0.5, 0.6) is 11.5 Å². The molecule has 0 amide bonds. The SMILES string of the molecule is Cn1c2ccccc2c2cc3c(c(N(c4ccc(C(C)(C)C)cc4)c4ccc(C(C)(C)C)cc4)c21)N(c1ccc(C(C)(C)C)cc1)c1cccc2c1B3c1cc(C(C)(C)C)ccc1O2. The number of fused-ring (bicyclic) bond motifs is 7. The Bertz CT molecular complexity index is 3050. The summed E-state index contributed by atoms with van der Waals surface area (Å²) in [5, 5.41) is 2.48. The van der Waals surface area contributed by atoms with E-state index in [1.807, 2.05) is 0 Å². The molecule has 1 aromatic heterocycles. The van der Waals surface area contributed by atoms with Crippen molar-refractivity contribution < 1.29 is 4.74 Å². The molecule has 7 aromatic carbocycles. The van der Waals surface area contributed by atoms with Crippen LogP contribution in [0.2, 0.25) is 0 Å². The zero-order valence-electron chi connectivity index (χ0n) is 40.1. The van der Waals surface area contributed by atoms with Crippen molar-refractivity contribution in [3.05, 3.63) is 162 Å². The summed E-state index contributed by atoms with van der Waals surface area (Å²) in [6, 6.07) is 52.9. The number of hydrogen-bond donors (Lipinski definition) is 0. The van der Waals surface area contributed by atoms with E-state index in [9.17, 15) is 0 Å². The molecule has 0 spiro atoms. The van der Waals surface area contributed by atoms with Gasteiger partial charge < -0.3 is 19.1 Å². The van der Waals surface area contributed by atoms with Crippen molar-refractivity contribution in [1.29, 1.82) is 0 Å². The largest absolute Gasteiger partial charge is 0.458 e. The van der Waals surface area contributed by atoms with Crippen LogP contribution in [0, 0.1) is 0 Å². The van der Waals surface area contributed by atoms with Gasteiger partial charge in [-0.2, -0.15) is 0 Å². The van der Waals surface area contributed by atoms with Crippen molar-refractivity contribution in [3.63, 3.8) is 0 Å². The number of benzene rings is 7. The van der Waals surface area contributed by atoms with E-state index in [4.69, 9.17) is 4.74 Å². The molecule has 0 radical (unpaired) electrons. The van der Waals surface area contributed by atoms with Crippen LogP contribution in [0.25, 0.3) is 21.8 Å². The van der Waals surface area contributed by atoms with E-state index in [-0.39, 0.29) is 28.4 Å². The van der Waals surface area contributed by atoms with Crippen molar-refractivity contribution in [2.45, 2.75) is 105 Å². The van der Waals surface area contributed by atoms with Gasteiger partial charge in [0.25, 0.3) is 6.71 Å². The number of anilines is 6. The predicted octanol–water partition coefficient (Wildman–Crippen LogP) is 14.4. The van der Waals surface area contributed by atoms with E-state index < -0.39 is 0 Å². The Balaban J connectivity index is 1.39. The van der Waals surface area contributed by atoms with E-state index >= 15 is 0 Å². The van der Waals surface area contributed by atoms with Gasteiger partial charge in [-0.15, -0.1) is 0 Å². The molecule has 5 heteroatoms. The van der Waals surface area contributed by atoms with Crippen LogP contribution in [0.3, 0.4) is 0 Å². The van der Waals surface area contributed by atoms with Gasteiger partial charge in [-0.3, -0.25) is 0 Å². The predicted molar refractivity (Wildman–Crippen MR) is 276 cm³/mol. The Morgan fingerprint density at radius 1 is 0.484 bits per heavy atom. The first-order chi connectivity index (χ1) is 30.2. The highest BCUT2D eigenvalue weighted by molar-refractivity contribution is 6.99. The second-order valence-corrected chi connectivity index (χ2v) is 22.4. The van der Waals surface area contributed by atoms with Crippen LogP contribution in [-0.2, 0) is 28.7 Å². The number of aryl methyl sites for hydroxylation is 1. The first-order valence-electron chi connectivity index (χ1n) is 23.1. The summed E-state index contributed by atoms with van der Waals surface area (Å²) in [6.45, 7) is 27.5. The highest BCUT2D eigenvalue weighted by atomic mass is 16.5. The first kappa shape index (κ1) is 41.8. The van der Waals surface area contributed by atoms with Crippen molar-refractivity contribution in [2.24, 2.45) is 7.05 Å². The monoisotopic (exact) mass is 839 g/mol. The van der Waals surface area contributed by atoms with Gasteiger partial charge in [0.15, 0.2) is 0 Å². The third kappa shape index (κ3) is 6.73. The molecule has 8 aromatic rings. The molecular weight excluding hydrogens is 777 g/mol. The fourth-order valence-electron chi connectivity index (χ4n) is 10.2. The third-order valence-electron chi connectivity index (χ3n) is 13.9. The zero-order chi connectivity index (χ0) is 45.2. The summed E-state index contributed by atoms with van der Waals surface area (Å²) in [7, 11) is 2.25. The molecule has 0 unspecified atom stereocenters. The fourth-order valence-corrected chi connectivity index (χ4v) is 10.2. The summed E-state index contributed by atoms with van der Waals surface area (Å²) >= 11 is 0. The van der Waals surface area contributed by atoms with Crippen LogP contribution >= 0.6 is 0 Å². The lowest BCUT2D eigenvalue weighted by Crippen LogP contribution is -2.60. The normalized spacial score (nSPS) is 13.8. The average molecular weight is 840 g/mol. The van der Waals surface area contributed by atoms with Gasteiger partial charge in [0.2, 0.25) is 0 Å². The molecule has 3 heterocycles. The molecular formula is C59H62BN3O. The van der Waals surface area contributed by atoms with Crippen LogP contribution < -0.4 is 30.9 Å². The molecule has 64 heavy (non-hydrogen) atoms. The maximum atomic E-state index is 6.97. The summed E-state index contributed by atoms with van der Waals surface area (Å²) in [5.41, 5.74) is 18.0. The van der Waals surface area contributed by atoms with Crippen LogP contribution in [-0.4, -0.2) is 11.3 Å². The van der Waals surface area contributed by atoms with E-state index in [0.29, 0.717) is 0 Å². The van der Waals surface area contributed by atoms with Crippen molar-refractivity contribution >= 4 is 79.0 Å². The molecule has 322 valence electrons. The molecule has 10 rings (SSSR count). The second kappa shape index (κ2) is 14.4. The highest BCUT2D eigenvalue weighted by Crippen LogP contribution is 2.52. The highest BCUT2D eigenvalue weighted by Gasteiger charge is 2.45. The van der Waals surface area contributed by atoms with Crippen LogP contribution in [0.1, 0.15) is 105 Å². The van der Waals surface area contributed by atoms with E-state index in [1.165, 1.54) is 66.1 Å². The Morgan fingerprint density at radius 3 is 1.58 bits per heavy atom. The zero-order valence-corrected chi connectivity index (χ0v) is 40.1. The Kier molecular flexibility index (Phi) is 9.41. The molecule has 0 fully saturated rings. The molecule has 2 aliphatic heterocycles. The summed E-state index contributed by atoms with van der Waals surface area (Å²) < 4.78 is 9.40. The first-order valence-corrected chi connectivity index (χ1v) is 23.1. The van der Waals surface area contributed by atoms with Gasteiger partial charge in [-0.25, -0.2) is 0 Å². The van der Waals surface area contributed by atoms with Crippen molar-refractivity contribution in [1.82, 2.24) is 4.57 Å². The van der Waals surface area contributed by atoms with Gasteiger partial charge in [0.1, 0.15) is 11.5 Å². The minimum Gasteiger partial charge on any atom is -0.458 e. The van der Waals surface area contributed by atoms with Crippen molar-refractivity contribution in [2.75, 3.05) is 9.80 Å². The van der Waals surface area contributed by atoms with Crippen molar-refractivity contribution in [3.8, 4) is 11.5 Å². The van der Waals surface area contributed by atoms with Gasteiger partial charge in [-0.05, 0) is 121 Å². The summed E-state index contributed by atoms with van der Waals surface area (Å²) in [5.74, 6) is 1.83. The quantitative estimate of drug-likeness (QED) is 0.165. The summed E-state index contributed by atoms with van der Waals surface area (Å²) in [6.07, 6.45) is 0. The van der Waals surface area contributed by atoms with E-state index in [2.05, 4.69) is 244 Å². The minimum atomic E-state index is -0.0900. The fraction of sp³-hybridized carbons (Fsp3) is 0.288. The average Bonchev–Trinajstić information content (AvgIpc) is 3.53. The lowest BCUT2D eigenvalue weighted by Gasteiger charge is -2.43. The van der Waals surface area contributed by atoms with Gasteiger partial charge in [0, 0.05) is 46.1 Å². The maximum Gasteiger partial charge on any atom is 0.256 e. The number of nitrogens with zero attached hydrogens (tertiary/aromatic N) is 3. The molecule has 0 bridgehead atoms. The number of para-hydroxylation sites is 1. The van der Waals surface area contributed by atoms with Gasteiger partial charge in [0.05, 0.1) is 16.9 Å². The second-order valence-electron chi connectivity index (χ2n) is 22.4. The number of rotatable bonds is 4. The smallest absolute Gasteiger partial charge is 0.256 e. The minimum absolute atomic E-state index is 0.00647. The molecule has 0 aliphatic carbocycles. The van der Waals surface area contributed by atoms with Crippen LogP contribution in [0.15, 0.2) is 140 Å². The molecule has 0 saturated heterocycles. The van der Waals surface area contributed by atoms with E-state index in [1.54, 1.807) is 0 Å². The topological polar surface area (TPSA) is 20.6 Å².